The monoisotopic (exact) mass is 346 g/mol. The van der Waals surface area contributed by atoms with E-state index in [2.05, 4.69) is 16.8 Å². The summed E-state index contributed by atoms with van der Waals surface area (Å²) in [5.41, 5.74) is 0.679. The Morgan fingerprint density at radius 3 is 2.50 bits per heavy atom. The highest BCUT2D eigenvalue weighted by Gasteiger charge is 2.32. The first-order valence-corrected chi connectivity index (χ1v) is 8.90. The Balaban J connectivity index is 1.67. The highest BCUT2D eigenvalue weighted by atomic mass is 32.1. The van der Waals surface area contributed by atoms with E-state index in [1.54, 1.807) is 43.8 Å². The minimum absolute atomic E-state index is 0.0654. The third kappa shape index (κ3) is 4.20. The average molecular weight is 346 g/mol. The molecule has 0 unspecified atom stereocenters. The molecule has 1 aliphatic rings. The van der Waals surface area contributed by atoms with E-state index in [1.807, 2.05) is 11.0 Å². The van der Waals surface area contributed by atoms with E-state index < -0.39 is 0 Å². The average Bonchev–Trinajstić information content (AvgIpc) is 3.29. The van der Waals surface area contributed by atoms with Gasteiger partial charge in [-0.1, -0.05) is 6.07 Å². The van der Waals surface area contributed by atoms with Gasteiger partial charge in [0.15, 0.2) is 0 Å². The molecule has 1 saturated carbocycles. The molecule has 0 bridgehead atoms. The molecule has 1 aliphatic carbocycles. The summed E-state index contributed by atoms with van der Waals surface area (Å²) in [5.74, 6) is 1.31. The summed E-state index contributed by atoms with van der Waals surface area (Å²) in [6.45, 7) is 0.734. The maximum atomic E-state index is 12.7. The van der Waals surface area contributed by atoms with Crippen LogP contribution in [-0.2, 0) is 6.42 Å². The van der Waals surface area contributed by atoms with Gasteiger partial charge < -0.3 is 19.7 Å². The van der Waals surface area contributed by atoms with Crippen LogP contribution in [0.5, 0.6) is 11.5 Å². The molecule has 0 atom stereocenters. The summed E-state index contributed by atoms with van der Waals surface area (Å²) in [6, 6.07) is 9.83. The normalized spacial score (nSPS) is 13.4. The molecule has 2 amide bonds. The number of hydrogen-bond donors (Lipinski definition) is 1. The van der Waals surface area contributed by atoms with Gasteiger partial charge in [-0.05, 0) is 30.7 Å². The molecule has 3 rings (SSSR count). The first-order chi connectivity index (χ1) is 11.7. The number of thiophene rings is 1. The number of urea groups is 1. The molecule has 1 fully saturated rings. The molecule has 128 valence electrons. The Bertz CT molecular complexity index is 661. The van der Waals surface area contributed by atoms with Gasteiger partial charge >= 0.3 is 6.03 Å². The van der Waals surface area contributed by atoms with E-state index in [1.165, 1.54) is 4.88 Å². The van der Waals surface area contributed by atoms with Gasteiger partial charge in [0.25, 0.3) is 0 Å². The van der Waals surface area contributed by atoms with Gasteiger partial charge in [-0.2, -0.15) is 0 Å². The van der Waals surface area contributed by atoms with Crippen LogP contribution in [0.1, 0.15) is 17.7 Å². The van der Waals surface area contributed by atoms with E-state index in [-0.39, 0.29) is 6.03 Å². The number of hydrogen-bond acceptors (Lipinski definition) is 4. The van der Waals surface area contributed by atoms with Gasteiger partial charge in [0.2, 0.25) is 0 Å². The highest BCUT2D eigenvalue weighted by Crippen LogP contribution is 2.30. The molecule has 1 aromatic carbocycles. The van der Waals surface area contributed by atoms with Crippen LogP contribution >= 0.6 is 11.3 Å². The molecule has 1 aromatic heterocycles. The zero-order valence-corrected chi connectivity index (χ0v) is 14.8. The molecule has 5 nitrogen and oxygen atoms in total. The second kappa shape index (κ2) is 7.57. The van der Waals surface area contributed by atoms with E-state index in [0.29, 0.717) is 23.2 Å². The van der Waals surface area contributed by atoms with Crippen molar-refractivity contribution in [2.75, 3.05) is 26.1 Å². The topological polar surface area (TPSA) is 50.8 Å². The predicted octanol–water partition coefficient (Wildman–Crippen LogP) is 4.00. The van der Waals surface area contributed by atoms with Crippen molar-refractivity contribution in [3.05, 3.63) is 40.6 Å². The van der Waals surface area contributed by atoms with Gasteiger partial charge in [-0.3, -0.25) is 0 Å². The van der Waals surface area contributed by atoms with E-state index in [0.717, 1.165) is 25.8 Å². The molecule has 0 saturated heterocycles. The van der Waals surface area contributed by atoms with Crippen molar-refractivity contribution in [2.45, 2.75) is 25.3 Å². The van der Waals surface area contributed by atoms with Gasteiger partial charge in [-0.25, -0.2) is 4.79 Å². The first-order valence-electron chi connectivity index (χ1n) is 8.02. The third-order valence-corrected chi connectivity index (χ3v) is 4.97. The van der Waals surface area contributed by atoms with Crippen LogP contribution in [0, 0.1) is 0 Å². The van der Waals surface area contributed by atoms with Crippen molar-refractivity contribution in [3.8, 4) is 11.5 Å². The van der Waals surface area contributed by atoms with Crippen LogP contribution in [0.4, 0.5) is 10.5 Å². The van der Waals surface area contributed by atoms with E-state index >= 15 is 0 Å². The van der Waals surface area contributed by atoms with Crippen molar-refractivity contribution in [2.24, 2.45) is 0 Å². The van der Waals surface area contributed by atoms with Gasteiger partial charge in [0.1, 0.15) is 11.5 Å². The maximum Gasteiger partial charge on any atom is 0.322 e. The smallest absolute Gasteiger partial charge is 0.322 e. The number of benzene rings is 1. The molecule has 24 heavy (non-hydrogen) atoms. The highest BCUT2D eigenvalue weighted by molar-refractivity contribution is 7.09. The van der Waals surface area contributed by atoms with Crippen LogP contribution < -0.4 is 14.8 Å². The molecule has 6 heteroatoms. The van der Waals surface area contributed by atoms with Crippen molar-refractivity contribution in [1.82, 2.24) is 4.90 Å². The Hall–Kier alpha value is -2.21. The second-order valence-electron chi connectivity index (χ2n) is 5.79. The van der Waals surface area contributed by atoms with Crippen LogP contribution in [0.25, 0.3) is 0 Å². The Morgan fingerprint density at radius 1 is 1.25 bits per heavy atom. The lowest BCUT2D eigenvalue weighted by molar-refractivity contribution is 0.209. The Labute approximate surface area is 146 Å². The Kier molecular flexibility index (Phi) is 5.25. The summed E-state index contributed by atoms with van der Waals surface area (Å²) < 4.78 is 10.5. The Morgan fingerprint density at radius 2 is 1.96 bits per heavy atom. The second-order valence-corrected chi connectivity index (χ2v) is 6.82. The fourth-order valence-electron chi connectivity index (χ4n) is 2.60. The molecule has 1 N–H and O–H groups in total. The molecule has 0 radical (unpaired) electrons. The van der Waals surface area contributed by atoms with E-state index in [4.69, 9.17) is 9.47 Å². The lowest BCUT2D eigenvalue weighted by Gasteiger charge is -2.23. The zero-order chi connectivity index (χ0) is 16.9. The van der Waals surface area contributed by atoms with E-state index in [9.17, 15) is 4.79 Å². The van der Waals surface area contributed by atoms with Gasteiger partial charge in [-0.15, -0.1) is 11.3 Å². The number of methoxy groups -OCH3 is 2. The number of ether oxygens (including phenoxy) is 2. The summed E-state index contributed by atoms with van der Waals surface area (Å²) in [7, 11) is 3.19. The number of carbonyl (C=O) groups excluding carboxylic acids is 1. The standard InChI is InChI=1S/C18H22N2O3S/c1-22-15-10-13(11-16(12-15)23-2)19-18(21)20(14-5-6-14)8-7-17-4-3-9-24-17/h3-4,9-12,14H,5-8H2,1-2H3,(H,19,21). The fraction of sp³-hybridized carbons (Fsp3) is 0.389. The molecule has 0 aliphatic heterocycles. The third-order valence-electron chi connectivity index (χ3n) is 4.03. The van der Waals surface area contributed by atoms with Crippen molar-refractivity contribution in [3.63, 3.8) is 0 Å². The van der Waals surface area contributed by atoms with Crippen LogP contribution in [0.2, 0.25) is 0 Å². The first kappa shape index (κ1) is 16.6. The lowest BCUT2D eigenvalue weighted by atomic mass is 10.2. The number of amides is 2. The van der Waals surface area contributed by atoms with Crippen molar-refractivity contribution >= 4 is 23.1 Å². The SMILES string of the molecule is COc1cc(NC(=O)N(CCc2cccs2)C2CC2)cc(OC)c1. The molecular formula is C18H22N2O3S. The number of carbonyl (C=O) groups is 1. The molecule has 1 heterocycles. The van der Waals surface area contributed by atoms with Crippen molar-refractivity contribution in [1.29, 1.82) is 0 Å². The largest absolute Gasteiger partial charge is 0.497 e. The molecular weight excluding hydrogens is 324 g/mol. The van der Waals surface area contributed by atoms with Gasteiger partial charge in [0, 0.05) is 41.4 Å². The number of rotatable bonds is 7. The minimum Gasteiger partial charge on any atom is -0.497 e. The predicted molar refractivity (Wildman–Crippen MR) is 96.3 cm³/mol. The van der Waals surface area contributed by atoms with Crippen LogP contribution in [-0.4, -0.2) is 37.7 Å². The number of nitrogens with one attached hydrogen (secondary N) is 1. The summed E-state index contributed by atoms with van der Waals surface area (Å²) in [6.07, 6.45) is 3.06. The van der Waals surface area contributed by atoms with Crippen LogP contribution in [0.3, 0.4) is 0 Å². The lowest BCUT2D eigenvalue weighted by Crippen LogP contribution is -2.38. The molecule has 0 spiro atoms. The number of nitrogens with zero attached hydrogens (tertiary/aromatic N) is 1. The quantitative estimate of drug-likeness (QED) is 0.824. The number of anilines is 1. The van der Waals surface area contributed by atoms with Crippen LogP contribution in [0.15, 0.2) is 35.7 Å². The maximum absolute atomic E-state index is 12.7. The minimum atomic E-state index is -0.0654. The summed E-state index contributed by atoms with van der Waals surface area (Å²) in [4.78, 5) is 15.9. The summed E-state index contributed by atoms with van der Waals surface area (Å²) >= 11 is 1.73. The van der Waals surface area contributed by atoms with Gasteiger partial charge in [0.05, 0.1) is 14.2 Å². The zero-order valence-electron chi connectivity index (χ0n) is 14.0. The molecule has 2 aromatic rings. The van der Waals surface area contributed by atoms with Crippen molar-refractivity contribution < 1.29 is 14.3 Å². The fourth-order valence-corrected chi connectivity index (χ4v) is 3.29. The summed E-state index contributed by atoms with van der Waals surface area (Å²) in [5, 5.41) is 5.04.